The van der Waals surface area contributed by atoms with Crippen LogP contribution in [0.2, 0.25) is 0 Å². The van der Waals surface area contributed by atoms with Crippen molar-refractivity contribution in [3.8, 4) is 11.4 Å². The summed E-state index contributed by atoms with van der Waals surface area (Å²) in [5, 5.41) is 7.34. The molecular formula is C43H32N4. The highest BCUT2D eigenvalue weighted by Crippen LogP contribution is 2.49. The van der Waals surface area contributed by atoms with Gasteiger partial charge in [-0.15, -0.1) is 0 Å². The molecule has 3 aliphatic rings. The third-order valence-electron chi connectivity index (χ3n) is 10.0. The zero-order valence-corrected chi connectivity index (χ0v) is 25.9. The predicted molar refractivity (Wildman–Crippen MR) is 196 cm³/mol. The van der Waals surface area contributed by atoms with E-state index in [9.17, 15) is 0 Å². The zero-order chi connectivity index (χ0) is 30.9. The Kier molecular flexibility index (Phi) is 5.73. The van der Waals surface area contributed by atoms with E-state index in [0.29, 0.717) is 0 Å². The van der Waals surface area contributed by atoms with Crippen molar-refractivity contribution < 1.29 is 0 Å². The lowest BCUT2D eigenvalue weighted by Gasteiger charge is -2.31. The Hall–Kier alpha value is -6.00. The maximum absolute atomic E-state index is 3.55. The second-order valence-electron chi connectivity index (χ2n) is 12.6. The zero-order valence-electron chi connectivity index (χ0n) is 25.9. The van der Waals surface area contributed by atoms with E-state index in [0.717, 1.165) is 36.4 Å². The highest BCUT2D eigenvalue weighted by molar-refractivity contribution is 6.09. The summed E-state index contributed by atoms with van der Waals surface area (Å²) in [6.45, 7) is 0.815. The molecule has 0 amide bonds. The van der Waals surface area contributed by atoms with Gasteiger partial charge in [0, 0.05) is 57.2 Å². The molecule has 0 spiro atoms. The Morgan fingerprint density at radius 1 is 0.617 bits per heavy atom. The minimum absolute atomic E-state index is 0.815. The summed E-state index contributed by atoms with van der Waals surface area (Å²) in [4.78, 5) is 2.52. The lowest BCUT2D eigenvalue weighted by Crippen LogP contribution is -2.21. The highest BCUT2D eigenvalue weighted by Gasteiger charge is 2.32. The number of hydrogen-bond acceptors (Lipinski definition) is 2. The molecule has 5 aromatic carbocycles. The Bertz CT molecular complexity index is 2460. The third-order valence-corrected chi connectivity index (χ3v) is 10.0. The smallest absolute Gasteiger partial charge is 0.0628 e. The Morgan fingerprint density at radius 3 is 2.19 bits per heavy atom. The molecule has 1 aliphatic carbocycles. The normalized spacial score (nSPS) is 15.6. The molecule has 4 nitrogen and oxygen atoms in total. The van der Waals surface area contributed by atoms with Gasteiger partial charge in [0.15, 0.2) is 0 Å². The SMILES string of the molecule is C1=CC2=C(CC1)C1=C(C=CNC1)c1c(ccc3ccn(-c4ccccc4)c13)N2c1cccc(-n2c3ccccc3c3ccccc32)c1. The van der Waals surface area contributed by atoms with Crippen molar-refractivity contribution in [2.75, 3.05) is 11.4 Å². The van der Waals surface area contributed by atoms with Crippen LogP contribution in [-0.4, -0.2) is 15.7 Å². The first-order chi connectivity index (χ1) is 23.3. The summed E-state index contributed by atoms with van der Waals surface area (Å²) < 4.78 is 4.78. The molecule has 10 rings (SSSR count). The maximum atomic E-state index is 3.55. The first kappa shape index (κ1) is 26.2. The van der Waals surface area contributed by atoms with Gasteiger partial charge in [0.2, 0.25) is 0 Å². The van der Waals surface area contributed by atoms with Gasteiger partial charge in [0.25, 0.3) is 0 Å². The van der Waals surface area contributed by atoms with Crippen LogP contribution in [0.25, 0.3) is 49.7 Å². The van der Waals surface area contributed by atoms with Gasteiger partial charge >= 0.3 is 0 Å². The van der Waals surface area contributed by atoms with Crippen LogP contribution in [-0.2, 0) is 0 Å². The van der Waals surface area contributed by atoms with E-state index in [1.165, 1.54) is 66.4 Å². The number of nitrogens with zero attached hydrogens (tertiary/aromatic N) is 3. The Labute approximate surface area is 273 Å². The summed E-state index contributed by atoms with van der Waals surface area (Å²) in [5.41, 5.74) is 15.0. The molecule has 0 bridgehead atoms. The van der Waals surface area contributed by atoms with Gasteiger partial charge in [0.05, 0.1) is 22.2 Å². The number of benzene rings is 5. The fourth-order valence-corrected chi connectivity index (χ4v) is 8.02. The third kappa shape index (κ3) is 3.88. The number of aromatic nitrogens is 2. The molecule has 0 atom stereocenters. The van der Waals surface area contributed by atoms with Gasteiger partial charge in [-0.05, 0) is 103 Å². The fraction of sp³-hybridized carbons (Fsp3) is 0.0698. The van der Waals surface area contributed by atoms with E-state index < -0.39 is 0 Å². The molecule has 0 saturated heterocycles. The largest absolute Gasteiger partial charge is 0.387 e. The van der Waals surface area contributed by atoms with E-state index in [1.807, 2.05) is 0 Å². The van der Waals surface area contributed by atoms with E-state index in [1.54, 1.807) is 0 Å². The van der Waals surface area contributed by atoms with Gasteiger partial charge in [-0.25, -0.2) is 0 Å². The molecular weight excluding hydrogens is 573 g/mol. The van der Waals surface area contributed by atoms with Gasteiger partial charge in [0.1, 0.15) is 0 Å². The molecule has 2 aliphatic heterocycles. The molecule has 47 heavy (non-hydrogen) atoms. The van der Waals surface area contributed by atoms with Crippen molar-refractivity contribution >= 4 is 49.7 Å². The van der Waals surface area contributed by atoms with E-state index in [-0.39, 0.29) is 0 Å². The minimum atomic E-state index is 0.815. The first-order valence-corrected chi connectivity index (χ1v) is 16.5. The summed E-state index contributed by atoms with van der Waals surface area (Å²) in [6.07, 6.45) is 13.4. The van der Waals surface area contributed by atoms with Crippen molar-refractivity contribution in [2.45, 2.75) is 12.8 Å². The van der Waals surface area contributed by atoms with Crippen molar-refractivity contribution in [3.63, 3.8) is 0 Å². The van der Waals surface area contributed by atoms with Gasteiger partial charge in [-0.3, -0.25) is 0 Å². The first-order valence-electron chi connectivity index (χ1n) is 16.5. The quantitative estimate of drug-likeness (QED) is 0.217. The topological polar surface area (TPSA) is 25.1 Å². The molecule has 4 heteroatoms. The summed E-state index contributed by atoms with van der Waals surface area (Å²) >= 11 is 0. The average Bonchev–Trinajstić information content (AvgIpc) is 3.69. The predicted octanol–water partition coefficient (Wildman–Crippen LogP) is 10.4. The van der Waals surface area contributed by atoms with Crippen molar-refractivity contribution in [3.05, 3.63) is 174 Å². The molecule has 0 fully saturated rings. The van der Waals surface area contributed by atoms with Crippen LogP contribution in [0.3, 0.4) is 0 Å². The summed E-state index contributed by atoms with van der Waals surface area (Å²) in [7, 11) is 0. The van der Waals surface area contributed by atoms with Crippen LogP contribution >= 0.6 is 0 Å². The minimum Gasteiger partial charge on any atom is -0.387 e. The molecule has 7 aromatic rings. The fourth-order valence-electron chi connectivity index (χ4n) is 8.02. The van der Waals surface area contributed by atoms with Crippen LogP contribution in [0.1, 0.15) is 18.4 Å². The number of hydrogen-bond donors (Lipinski definition) is 1. The van der Waals surface area contributed by atoms with Crippen LogP contribution < -0.4 is 10.2 Å². The van der Waals surface area contributed by atoms with Gasteiger partial charge < -0.3 is 19.4 Å². The second-order valence-corrected chi connectivity index (χ2v) is 12.6. The number of nitrogens with one attached hydrogen (secondary N) is 1. The number of rotatable bonds is 3. The Morgan fingerprint density at radius 2 is 1.36 bits per heavy atom. The molecule has 0 unspecified atom stereocenters. The lowest BCUT2D eigenvalue weighted by molar-refractivity contribution is 0.872. The van der Waals surface area contributed by atoms with E-state index >= 15 is 0 Å². The van der Waals surface area contributed by atoms with Crippen LogP contribution in [0.4, 0.5) is 11.4 Å². The van der Waals surface area contributed by atoms with Crippen LogP contribution in [0, 0.1) is 0 Å². The number of allylic oxidation sites excluding steroid dienone is 4. The molecule has 224 valence electrons. The molecule has 0 radical (unpaired) electrons. The van der Waals surface area contributed by atoms with Crippen molar-refractivity contribution in [1.82, 2.24) is 14.5 Å². The van der Waals surface area contributed by atoms with Gasteiger partial charge in [-0.1, -0.05) is 72.8 Å². The molecule has 4 heterocycles. The molecule has 0 saturated carbocycles. The second kappa shape index (κ2) is 10.3. The molecule has 2 aromatic heterocycles. The van der Waals surface area contributed by atoms with Crippen molar-refractivity contribution in [2.24, 2.45) is 0 Å². The number of fused-ring (bicyclic) bond motifs is 8. The van der Waals surface area contributed by atoms with Crippen LogP contribution in [0.5, 0.6) is 0 Å². The standard InChI is InChI=1S/C43H32N4/c1-2-11-30(12-3-1)45-26-24-29-21-22-41-42(43(29)45)36-23-25-44-28-37(36)35-17-6-9-20-40(35)47(41)32-14-10-13-31(27-32)46-38-18-7-4-15-33(38)34-16-5-8-19-39(34)46/h1-5,7-16,18-27,44H,6,17,28H2. The number of para-hydroxylation sites is 3. The van der Waals surface area contributed by atoms with Crippen molar-refractivity contribution in [1.29, 1.82) is 0 Å². The lowest BCUT2D eigenvalue weighted by atomic mass is 9.88. The van der Waals surface area contributed by atoms with Crippen LogP contribution in [0.15, 0.2) is 169 Å². The number of dihydropyridines is 1. The highest BCUT2D eigenvalue weighted by atomic mass is 15.2. The summed E-state index contributed by atoms with van der Waals surface area (Å²) in [6, 6.07) is 44.2. The molecule has 1 N–H and O–H groups in total. The van der Waals surface area contributed by atoms with E-state index in [2.05, 4.69) is 171 Å². The average molecular weight is 605 g/mol. The summed E-state index contributed by atoms with van der Waals surface area (Å²) in [5.74, 6) is 0. The monoisotopic (exact) mass is 604 g/mol. The van der Waals surface area contributed by atoms with E-state index in [4.69, 9.17) is 0 Å². The number of anilines is 2. The Balaban J connectivity index is 1.27. The van der Waals surface area contributed by atoms with Gasteiger partial charge in [-0.2, -0.15) is 0 Å². The maximum Gasteiger partial charge on any atom is 0.0628 e.